The fourth-order valence-corrected chi connectivity index (χ4v) is 1.89. The maximum absolute atomic E-state index is 11.9. The molecule has 4 heteroatoms. The Hall–Kier alpha value is -1.99. The van der Waals surface area contributed by atoms with Gasteiger partial charge in [-0.1, -0.05) is 30.3 Å². The van der Waals surface area contributed by atoms with Crippen molar-refractivity contribution in [2.45, 2.75) is 51.4 Å². The Bertz CT molecular complexity index is 485. The minimum atomic E-state index is -0.827. The van der Waals surface area contributed by atoms with E-state index in [2.05, 4.69) is 11.2 Å². The molecular weight excluding hydrogens is 266 g/mol. The predicted octanol–water partition coefficient (Wildman–Crippen LogP) is 3.03. The van der Waals surface area contributed by atoms with E-state index in [0.29, 0.717) is 12.8 Å². The Kier molecular flexibility index (Phi) is 6.26. The molecule has 4 nitrogen and oxygen atoms in total. The molecule has 0 aliphatic heterocycles. The van der Waals surface area contributed by atoms with E-state index in [1.807, 2.05) is 30.3 Å². The summed E-state index contributed by atoms with van der Waals surface area (Å²) in [6, 6.07) is 8.68. The highest BCUT2D eigenvalue weighted by Gasteiger charge is 2.25. The first-order valence-electron chi connectivity index (χ1n) is 6.99. The van der Waals surface area contributed by atoms with E-state index < -0.39 is 23.8 Å². The lowest BCUT2D eigenvalue weighted by molar-refractivity contribution is 0.0415. The number of alkyl carbamates (subject to hydrolysis) is 1. The van der Waals surface area contributed by atoms with Crippen LogP contribution >= 0.6 is 0 Å². The second-order valence-electron chi connectivity index (χ2n) is 5.85. The van der Waals surface area contributed by atoms with Gasteiger partial charge < -0.3 is 15.2 Å². The van der Waals surface area contributed by atoms with E-state index in [1.54, 1.807) is 20.8 Å². The number of carbonyl (C=O) groups is 1. The van der Waals surface area contributed by atoms with Gasteiger partial charge in [0.25, 0.3) is 0 Å². The number of nitrogens with one attached hydrogen (secondary N) is 1. The van der Waals surface area contributed by atoms with Crippen molar-refractivity contribution < 1.29 is 14.6 Å². The van der Waals surface area contributed by atoms with Crippen LogP contribution in [0, 0.1) is 12.3 Å². The molecule has 0 spiro atoms. The zero-order valence-corrected chi connectivity index (χ0v) is 12.8. The average Bonchev–Trinajstić information content (AvgIpc) is 2.41. The standard InChI is InChI=1S/C17H23NO3/c1-5-6-12-14(18-16(20)21-17(2,3)4)15(19)13-10-8-7-9-11-13/h1,7-11,14-15,19H,6,12H2,2-4H3,(H,18,20). The zero-order valence-electron chi connectivity index (χ0n) is 12.8. The summed E-state index contributed by atoms with van der Waals surface area (Å²) in [5, 5.41) is 13.1. The van der Waals surface area contributed by atoms with Crippen LogP contribution in [0.1, 0.15) is 45.3 Å². The molecule has 0 saturated carbocycles. The fourth-order valence-electron chi connectivity index (χ4n) is 1.89. The molecule has 1 amide bonds. The van der Waals surface area contributed by atoms with Gasteiger partial charge in [0.05, 0.1) is 12.1 Å². The summed E-state index contributed by atoms with van der Waals surface area (Å²) >= 11 is 0. The molecule has 1 aromatic carbocycles. The van der Waals surface area contributed by atoms with E-state index >= 15 is 0 Å². The van der Waals surface area contributed by atoms with E-state index in [-0.39, 0.29) is 0 Å². The van der Waals surface area contributed by atoms with Crippen molar-refractivity contribution in [2.24, 2.45) is 0 Å². The predicted molar refractivity (Wildman–Crippen MR) is 82.6 cm³/mol. The molecule has 1 aromatic rings. The second-order valence-corrected chi connectivity index (χ2v) is 5.85. The highest BCUT2D eigenvalue weighted by Crippen LogP contribution is 2.20. The number of hydrogen-bond acceptors (Lipinski definition) is 3. The van der Waals surface area contributed by atoms with Gasteiger partial charge in [-0.3, -0.25) is 0 Å². The third-order valence-electron chi connectivity index (χ3n) is 2.82. The van der Waals surface area contributed by atoms with Gasteiger partial charge in [-0.2, -0.15) is 0 Å². The van der Waals surface area contributed by atoms with Crippen molar-refractivity contribution in [1.29, 1.82) is 0 Å². The minimum Gasteiger partial charge on any atom is -0.444 e. The smallest absolute Gasteiger partial charge is 0.407 e. The first-order valence-corrected chi connectivity index (χ1v) is 6.99. The highest BCUT2D eigenvalue weighted by atomic mass is 16.6. The molecule has 0 aliphatic rings. The van der Waals surface area contributed by atoms with Crippen LogP contribution in [0.4, 0.5) is 4.79 Å². The molecule has 2 atom stereocenters. The van der Waals surface area contributed by atoms with E-state index in [1.165, 1.54) is 0 Å². The molecule has 0 saturated heterocycles. The van der Waals surface area contributed by atoms with E-state index in [0.717, 1.165) is 5.56 Å². The summed E-state index contributed by atoms with van der Waals surface area (Å²) in [4.78, 5) is 11.9. The molecule has 0 fully saturated rings. The Morgan fingerprint density at radius 2 is 2.00 bits per heavy atom. The van der Waals surface area contributed by atoms with Crippen LogP contribution in [-0.2, 0) is 4.74 Å². The summed E-state index contributed by atoms with van der Waals surface area (Å²) in [5.41, 5.74) is 0.147. The Morgan fingerprint density at radius 1 is 1.38 bits per heavy atom. The summed E-state index contributed by atoms with van der Waals surface area (Å²) in [6.07, 6.45) is 4.83. The lowest BCUT2D eigenvalue weighted by Crippen LogP contribution is -2.42. The molecule has 0 heterocycles. The van der Waals surface area contributed by atoms with Gasteiger partial charge in [0.15, 0.2) is 0 Å². The van der Waals surface area contributed by atoms with E-state index in [4.69, 9.17) is 11.2 Å². The monoisotopic (exact) mass is 289 g/mol. The van der Waals surface area contributed by atoms with Crippen LogP contribution in [0.3, 0.4) is 0 Å². The van der Waals surface area contributed by atoms with Crippen LogP contribution in [0.25, 0.3) is 0 Å². The van der Waals surface area contributed by atoms with Gasteiger partial charge in [-0.05, 0) is 32.8 Å². The number of benzene rings is 1. The molecule has 0 aromatic heterocycles. The minimum absolute atomic E-state index is 0.463. The first kappa shape index (κ1) is 17.1. The van der Waals surface area contributed by atoms with Crippen molar-refractivity contribution in [3.8, 4) is 12.3 Å². The van der Waals surface area contributed by atoms with Crippen molar-refractivity contribution in [3.05, 3.63) is 35.9 Å². The summed E-state index contributed by atoms with van der Waals surface area (Å²) in [6.45, 7) is 5.37. The molecule has 1 rings (SSSR count). The summed E-state index contributed by atoms with van der Waals surface area (Å²) < 4.78 is 5.22. The fraction of sp³-hybridized carbons (Fsp3) is 0.471. The van der Waals surface area contributed by atoms with Crippen LogP contribution in [0.15, 0.2) is 30.3 Å². The largest absolute Gasteiger partial charge is 0.444 e. The van der Waals surface area contributed by atoms with E-state index in [9.17, 15) is 9.90 Å². The van der Waals surface area contributed by atoms with Crippen molar-refractivity contribution in [1.82, 2.24) is 5.32 Å². The summed E-state index contributed by atoms with van der Waals surface area (Å²) in [5.74, 6) is 2.52. The number of carbonyl (C=O) groups excluding carboxylic acids is 1. The lowest BCUT2D eigenvalue weighted by atomic mass is 9.98. The summed E-state index contributed by atoms with van der Waals surface area (Å²) in [7, 11) is 0. The number of aliphatic hydroxyl groups is 1. The highest BCUT2D eigenvalue weighted by molar-refractivity contribution is 5.68. The van der Waals surface area contributed by atoms with Gasteiger partial charge in [-0.15, -0.1) is 12.3 Å². The topological polar surface area (TPSA) is 58.6 Å². The maximum atomic E-state index is 11.9. The molecule has 2 unspecified atom stereocenters. The third-order valence-corrected chi connectivity index (χ3v) is 2.82. The molecule has 21 heavy (non-hydrogen) atoms. The number of amides is 1. The SMILES string of the molecule is C#CCCC(NC(=O)OC(C)(C)C)C(O)c1ccccc1. The molecule has 0 aliphatic carbocycles. The van der Waals surface area contributed by atoms with Gasteiger partial charge in [0, 0.05) is 6.42 Å². The maximum Gasteiger partial charge on any atom is 0.407 e. The van der Waals surface area contributed by atoms with Gasteiger partial charge in [0.1, 0.15) is 5.60 Å². The number of rotatable bonds is 5. The Morgan fingerprint density at radius 3 is 2.52 bits per heavy atom. The Balaban J connectivity index is 2.76. The zero-order chi connectivity index (χ0) is 15.9. The molecule has 0 bridgehead atoms. The number of hydrogen-bond donors (Lipinski definition) is 2. The van der Waals surface area contributed by atoms with Crippen molar-refractivity contribution in [2.75, 3.05) is 0 Å². The molecule has 0 radical (unpaired) electrons. The molecule has 2 N–H and O–H groups in total. The second kappa shape index (κ2) is 7.70. The van der Waals surface area contributed by atoms with Crippen molar-refractivity contribution >= 4 is 6.09 Å². The first-order chi connectivity index (χ1) is 9.83. The third kappa shape index (κ3) is 6.33. The number of terminal acetylenes is 1. The average molecular weight is 289 g/mol. The molecular formula is C17H23NO3. The van der Waals surface area contributed by atoms with Gasteiger partial charge in [-0.25, -0.2) is 4.79 Å². The van der Waals surface area contributed by atoms with Gasteiger partial charge in [0.2, 0.25) is 0 Å². The van der Waals surface area contributed by atoms with Crippen LogP contribution in [0.2, 0.25) is 0 Å². The van der Waals surface area contributed by atoms with Crippen LogP contribution in [-0.4, -0.2) is 22.8 Å². The number of aliphatic hydroxyl groups excluding tert-OH is 1. The normalized spacial score (nSPS) is 13.9. The van der Waals surface area contributed by atoms with Crippen LogP contribution < -0.4 is 5.32 Å². The van der Waals surface area contributed by atoms with Crippen molar-refractivity contribution in [3.63, 3.8) is 0 Å². The quantitative estimate of drug-likeness (QED) is 0.819. The molecule has 114 valence electrons. The van der Waals surface area contributed by atoms with Crippen LogP contribution in [0.5, 0.6) is 0 Å². The lowest BCUT2D eigenvalue weighted by Gasteiger charge is -2.26. The van der Waals surface area contributed by atoms with Gasteiger partial charge >= 0.3 is 6.09 Å². The number of ether oxygens (including phenoxy) is 1. The Labute approximate surface area is 126 Å².